The molecule has 0 aromatic carbocycles. The quantitative estimate of drug-likeness (QED) is 0.658. The number of fused-ring (bicyclic) bond motifs is 1. The molecule has 1 aromatic heterocycles. The van der Waals surface area contributed by atoms with Gasteiger partial charge >= 0.3 is 0 Å². The lowest BCUT2D eigenvalue weighted by Gasteiger charge is -2.25. The number of hydrogen-bond donors (Lipinski definition) is 1. The van der Waals surface area contributed by atoms with Crippen LogP contribution in [0.25, 0.3) is 0 Å². The maximum absolute atomic E-state index is 6.02. The molecule has 100 valence electrons. The van der Waals surface area contributed by atoms with E-state index in [0.717, 1.165) is 37.6 Å². The molecule has 1 aliphatic heterocycles. The Bertz CT molecular complexity index is 408. The van der Waals surface area contributed by atoms with E-state index in [1.165, 1.54) is 24.8 Å². The van der Waals surface area contributed by atoms with Crippen LogP contribution in [0.1, 0.15) is 37.4 Å². The topological polar surface area (TPSA) is 41.1 Å². The minimum atomic E-state index is 0.369. The Labute approximate surface area is 114 Å². The molecule has 18 heavy (non-hydrogen) atoms. The zero-order valence-electron chi connectivity index (χ0n) is 11.2. The second kappa shape index (κ2) is 6.34. The van der Waals surface area contributed by atoms with Gasteiger partial charge in [-0.2, -0.15) is 0 Å². The first-order chi connectivity index (χ1) is 8.72. The SMILES string of the molecule is CCCCCN(C)c1nc(Cl)nc2c1CNCC2. The molecule has 2 rings (SSSR count). The van der Waals surface area contributed by atoms with Crippen LogP contribution in [0.4, 0.5) is 5.82 Å². The van der Waals surface area contributed by atoms with Crippen LogP contribution in [-0.4, -0.2) is 30.1 Å². The van der Waals surface area contributed by atoms with Crippen LogP contribution < -0.4 is 10.2 Å². The Morgan fingerprint density at radius 3 is 2.94 bits per heavy atom. The molecule has 0 atom stereocenters. The van der Waals surface area contributed by atoms with Gasteiger partial charge in [0.2, 0.25) is 5.28 Å². The van der Waals surface area contributed by atoms with Gasteiger partial charge in [0.25, 0.3) is 0 Å². The fraction of sp³-hybridized carbons (Fsp3) is 0.692. The minimum Gasteiger partial charge on any atom is -0.359 e. The lowest BCUT2D eigenvalue weighted by molar-refractivity contribution is 0.620. The van der Waals surface area contributed by atoms with Gasteiger partial charge in [-0.15, -0.1) is 0 Å². The summed E-state index contributed by atoms with van der Waals surface area (Å²) in [6.45, 7) is 5.06. The highest BCUT2D eigenvalue weighted by molar-refractivity contribution is 6.28. The number of nitrogens with zero attached hydrogens (tertiary/aromatic N) is 3. The minimum absolute atomic E-state index is 0.369. The van der Waals surface area contributed by atoms with Crippen LogP contribution >= 0.6 is 11.6 Å². The fourth-order valence-electron chi connectivity index (χ4n) is 2.32. The van der Waals surface area contributed by atoms with Crippen molar-refractivity contribution in [2.24, 2.45) is 0 Å². The van der Waals surface area contributed by atoms with E-state index in [2.05, 4.69) is 34.2 Å². The highest BCUT2D eigenvalue weighted by atomic mass is 35.5. The van der Waals surface area contributed by atoms with Crippen LogP contribution in [0, 0.1) is 0 Å². The normalized spacial score (nSPS) is 14.4. The molecule has 1 N–H and O–H groups in total. The number of halogens is 1. The first-order valence-electron chi connectivity index (χ1n) is 6.69. The van der Waals surface area contributed by atoms with Crippen molar-refractivity contribution in [3.05, 3.63) is 16.5 Å². The predicted molar refractivity (Wildman–Crippen MR) is 75.2 cm³/mol. The van der Waals surface area contributed by atoms with Crippen molar-refractivity contribution in [1.82, 2.24) is 15.3 Å². The standard InChI is InChI=1S/C13H21ClN4/c1-3-4-5-8-18(2)12-10-9-15-7-6-11(10)16-13(14)17-12/h15H,3-9H2,1-2H3. The Hall–Kier alpha value is -0.870. The maximum atomic E-state index is 6.02. The van der Waals surface area contributed by atoms with Crippen molar-refractivity contribution < 1.29 is 0 Å². The molecule has 2 heterocycles. The molecule has 4 nitrogen and oxygen atoms in total. The zero-order chi connectivity index (χ0) is 13.0. The van der Waals surface area contributed by atoms with E-state index >= 15 is 0 Å². The summed E-state index contributed by atoms with van der Waals surface area (Å²) in [4.78, 5) is 10.9. The number of anilines is 1. The third-order valence-corrected chi connectivity index (χ3v) is 3.51. The molecule has 0 saturated heterocycles. The number of aromatic nitrogens is 2. The zero-order valence-corrected chi connectivity index (χ0v) is 11.9. The summed E-state index contributed by atoms with van der Waals surface area (Å²) in [5.41, 5.74) is 2.32. The lowest BCUT2D eigenvalue weighted by Crippen LogP contribution is -2.29. The molecule has 0 amide bonds. The Kier molecular flexibility index (Phi) is 4.78. The van der Waals surface area contributed by atoms with E-state index in [1.807, 2.05) is 0 Å². The highest BCUT2D eigenvalue weighted by Crippen LogP contribution is 2.24. The van der Waals surface area contributed by atoms with Crippen molar-refractivity contribution in [2.45, 2.75) is 39.2 Å². The summed E-state index contributed by atoms with van der Waals surface area (Å²) in [7, 11) is 2.09. The van der Waals surface area contributed by atoms with Gasteiger partial charge in [-0.25, -0.2) is 9.97 Å². The molecule has 5 heteroatoms. The number of nitrogens with one attached hydrogen (secondary N) is 1. The summed E-state index contributed by atoms with van der Waals surface area (Å²) >= 11 is 6.02. The highest BCUT2D eigenvalue weighted by Gasteiger charge is 2.19. The number of unbranched alkanes of at least 4 members (excludes halogenated alkanes) is 2. The number of rotatable bonds is 5. The van der Waals surface area contributed by atoms with Gasteiger partial charge in [0.15, 0.2) is 0 Å². The van der Waals surface area contributed by atoms with Gasteiger partial charge in [0.05, 0.1) is 5.69 Å². The van der Waals surface area contributed by atoms with E-state index in [1.54, 1.807) is 0 Å². The monoisotopic (exact) mass is 268 g/mol. The van der Waals surface area contributed by atoms with Crippen molar-refractivity contribution in [1.29, 1.82) is 0 Å². The second-order valence-corrected chi connectivity index (χ2v) is 5.13. The maximum Gasteiger partial charge on any atom is 0.224 e. The molecule has 1 aliphatic rings. The molecule has 0 radical (unpaired) electrons. The van der Waals surface area contributed by atoms with Gasteiger partial charge in [-0.1, -0.05) is 19.8 Å². The van der Waals surface area contributed by atoms with E-state index < -0.39 is 0 Å². The summed E-state index contributed by atoms with van der Waals surface area (Å²) < 4.78 is 0. The summed E-state index contributed by atoms with van der Waals surface area (Å²) in [6, 6.07) is 0. The fourth-order valence-corrected chi connectivity index (χ4v) is 2.50. The number of hydrogen-bond acceptors (Lipinski definition) is 4. The van der Waals surface area contributed by atoms with Crippen LogP contribution in [0.2, 0.25) is 5.28 Å². The summed E-state index contributed by atoms with van der Waals surface area (Å²) in [5, 5.41) is 3.74. The molecule has 0 saturated carbocycles. The third-order valence-electron chi connectivity index (χ3n) is 3.34. The molecule has 1 aromatic rings. The molecule has 0 fully saturated rings. The predicted octanol–water partition coefficient (Wildman–Crippen LogP) is 2.40. The molecular formula is C13H21ClN4. The van der Waals surface area contributed by atoms with Gasteiger partial charge in [0, 0.05) is 38.7 Å². The van der Waals surface area contributed by atoms with Crippen LogP contribution in [0.15, 0.2) is 0 Å². The van der Waals surface area contributed by atoms with Crippen molar-refractivity contribution in [3.63, 3.8) is 0 Å². The first-order valence-corrected chi connectivity index (χ1v) is 7.07. The summed E-state index contributed by atoms with van der Waals surface area (Å²) in [6.07, 6.45) is 4.62. The van der Waals surface area contributed by atoms with Crippen LogP contribution in [0.5, 0.6) is 0 Å². The third kappa shape index (κ3) is 3.12. The second-order valence-electron chi connectivity index (χ2n) is 4.80. The van der Waals surface area contributed by atoms with E-state index in [-0.39, 0.29) is 0 Å². The molecule has 0 aliphatic carbocycles. The Morgan fingerprint density at radius 1 is 1.33 bits per heavy atom. The van der Waals surface area contributed by atoms with E-state index in [9.17, 15) is 0 Å². The summed E-state index contributed by atoms with van der Waals surface area (Å²) in [5.74, 6) is 0.994. The van der Waals surface area contributed by atoms with Crippen LogP contribution in [0.3, 0.4) is 0 Å². The largest absolute Gasteiger partial charge is 0.359 e. The average molecular weight is 269 g/mol. The average Bonchev–Trinajstić information content (AvgIpc) is 2.38. The van der Waals surface area contributed by atoms with E-state index in [0.29, 0.717) is 5.28 Å². The van der Waals surface area contributed by atoms with Crippen molar-refractivity contribution >= 4 is 17.4 Å². The van der Waals surface area contributed by atoms with Gasteiger partial charge in [-0.3, -0.25) is 0 Å². The van der Waals surface area contributed by atoms with Crippen molar-refractivity contribution in [3.8, 4) is 0 Å². The first kappa shape index (κ1) is 13.6. The van der Waals surface area contributed by atoms with E-state index in [4.69, 9.17) is 11.6 Å². The van der Waals surface area contributed by atoms with Crippen molar-refractivity contribution in [2.75, 3.05) is 25.0 Å². The molecule has 0 spiro atoms. The molecule has 0 bridgehead atoms. The van der Waals surface area contributed by atoms with Crippen LogP contribution in [-0.2, 0) is 13.0 Å². The molecule has 0 unspecified atom stereocenters. The van der Waals surface area contributed by atoms with Gasteiger partial charge < -0.3 is 10.2 Å². The lowest BCUT2D eigenvalue weighted by atomic mass is 10.1. The smallest absolute Gasteiger partial charge is 0.224 e. The van der Waals surface area contributed by atoms with Gasteiger partial charge in [0.1, 0.15) is 5.82 Å². The Morgan fingerprint density at radius 2 is 2.17 bits per heavy atom. The molecular weight excluding hydrogens is 248 g/mol. The van der Waals surface area contributed by atoms with Gasteiger partial charge in [-0.05, 0) is 18.0 Å². The Balaban J connectivity index is 2.17.